The van der Waals surface area contributed by atoms with Crippen molar-refractivity contribution in [2.24, 2.45) is 0 Å². The second kappa shape index (κ2) is 8.64. The molecule has 0 aliphatic heterocycles. The molecule has 24 heavy (non-hydrogen) atoms. The maximum atomic E-state index is 12.3. The van der Waals surface area contributed by atoms with Crippen LogP contribution in [0.1, 0.15) is 11.1 Å². The third kappa shape index (κ3) is 4.93. The molecule has 0 aliphatic rings. The zero-order valence-corrected chi connectivity index (χ0v) is 15.4. The summed E-state index contributed by atoms with van der Waals surface area (Å²) in [4.78, 5) is 15.1. The number of ether oxygens (including phenoxy) is 2. The summed E-state index contributed by atoms with van der Waals surface area (Å²) in [5.41, 5.74) is 2.22. The van der Waals surface area contributed by atoms with Crippen molar-refractivity contribution in [1.29, 1.82) is 0 Å². The quantitative estimate of drug-likeness (QED) is 0.716. The average molecular weight is 345 g/mol. The van der Waals surface area contributed by atoms with E-state index in [1.165, 1.54) is 5.56 Å². The third-order valence-corrected chi connectivity index (χ3v) is 4.67. The highest BCUT2D eigenvalue weighted by Crippen LogP contribution is 2.28. The van der Waals surface area contributed by atoms with Gasteiger partial charge in [-0.15, -0.1) is 11.8 Å². The van der Waals surface area contributed by atoms with Gasteiger partial charge in [0.15, 0.2) is 11.5 Å². The van der Waals surface area contributed by atoms with Gasteiger partial charge in [0.05, 0.1) is 20.0 Å². The van der Waals surface area contributed by atoms with E-state index in [-0.39, 0.29) is 5.91 Å². The molecule has 1 amide bonds. The Bertz CT molecular complexity index is 686. The fourth-order valence-electron chi connectivity index (χ4n) is 2.23. The fourth-order valence-corrected chi connectivity index (χ4v) is 3.07. The van der Waals surface area contributed by atoms with Gasteiger partial charge in [-0.3, -0.25) is 4.79 Å². The summed E-state index contributed by atoms with van der Waals surface area (Å²) in [6, 6.07) is 13.9. The Morgan fingerprint density at radius 1 is 1.04 bits per heavy atom. The molecular formula is C19H23NO3S. The summed E-state index contributed by atoms with van der Waals surface area (Å²) in [5.74, 6) is 1.87. The van der Waals surface area contributed by atoms with Crippen molar-refractivity contribution in [3.8, 4) is 11.5 Å². The van der Waals surface area contributed by atoms with Crippen LogP contribution >= 0.6 is 11.8 Å². The molecule has 0 saturated carbocycles. The zero-order valence-electron chi connectivity index (χ0n) is 14.5. The molecule has 0 saturated heterocycles. The molecule has 0 spiro atoms. The van der Waals surface area contributed by atoms with Crippen LogP contribution in [0.5, 0.6) is 11.5 Å². The molecule has 0 N–H and O–H groups in total. The molecule has 0 aromatic heterocycles. The molecule has 0 heterocycles. The largest absolute Gasteiger partial charge is 0.493 e. The minimum Gasteiger partial charge on any atom is -0.493 e. The predicted octanol–water partition coefficient (Wildman–Crippen LogP) is 3.76. The molecule has 0 unspecified atom stereocenters. The number of carbonyl (C=O) groups excluding carboxylic acids is 1. The van der Waals surface area contributed by atoms with Crippen molar-refractivity contribution in [3.05, 3.63) is 53.6 Å². The average Bonchev–Trinajstić information content (AvgIpc) is 2.60. The summed E-state index contributed by atoms with van der Waals surface area (Å²) in [7, 11) is 5.03. The predicted molar refractivity (Wildman–Crippen MR) is 97.9 cm³/mol. The molecule has 128 valence electrons. The van der Waals surface area contributed by atoms with E-state index in [2.05, 4.69) is 19.1 Å². The minimum absolute atomic E-state index is 0.0929. The maximum Gasteiger partial charge on any atom is 0.232 e. The van der Waals surface area contributed by atoms with Crippen molar-refractivity contribution in [2.75, 3.05) is 27.0 Å². The number of rotatable bonds is 7. The van der Waals surface area contributed by atoms with Gasteiger partial charge in [0.25, 0.3) is 0 Å². The highest BCUT2D eigenvalue weighted by atomic mass is 32.2. The number of nitrogens with zero attached hydrogens (tertiary/aromatic N) is 1. The van der Waals surface area contributed by atoms with Crippen LogP contribution in [0.15, 0.2) is 47.4 Å². The van der Waals surface area contributed by atoms with Crippen LogP contribution in [0.3, 0.4) is 0 Å². The summed E-state index contributed by atoms with van der Waals surface area (Å²) < 4.78 is 10.5. The Kier molecular flexibility index (Phi) is 6.55. The SMILES string of the molecule is COc1ccc(CN(C)C(=O)CSc2ccc(C)cc2)cc1OC. The maximum absolute atomic E-state index is 12.3. The molecular weight excluding hydrogens is 322 g/mol. The summed E-state index contributed by atoms with van der Waals surface area (Å²) in [6.45, 7) is 2.59. The number of methoxy groups -OCH3 is 2. The monoisotopic (exact) mass is 345 g/mol. The van der Waals surface area contributed by atoms with Crippen LogP contribution in [-0.2, 0) is 11.3 Å². The fraction of sp³-hybridized carbons (Fsp3) is 0.316. The Labute approximate surface area is 147 Å². The second-order valence-electron chi connectivity index (χ2n) is 5.54. The normalized spacial score (nSPS) is 10.3. The molecule has 0 aliphatic carbocycles. The Balaban J connectivity index is 1.92. The van der Waals surface area contributed by atoms with E-state index in [1.54, 1.807) is 30.9 Å². The first-order valence-electron chi connectivity index (χ1n) is 7.68. The van der Waals surface area contributed by atoms with Crippen molar-refractivity contribution >= 4 is 17.7 Å². The number of hydrogen-bond acceptors (Lipinski definition) is 4. The van der Waals surface area contributed by atoms with E-state index in [0.717, 1.165) is 10.5 Å². The number of hydrogen-bond donors (Lipinski definition) is 0. The number of amides is 1. The van der Waals surface area contributed by atoms with E-state index >= 15 is 0 Å². The van der Waals surface area contributed by atoms with Crippen molar-refractivity contribution in [3.63, 3.8) is 0 Å². The van der Waals surface area contributed by atoms with Crippen molar-refractivity contribution in [2.45, 2.75) is 18.4 Å². The molecule has 0 radical (unpaired) electrons. The zero-order chi connectivity index (χ0) is 17.5. The van der Waals surface area contributed by atoms with Gasteiger partial charge in [-0.25, -0.2) is 0 Å². The van der Waals surface area contributed by atoms with E-state index in [9.17, 15) is 4.79 Å². The second-order valence-corrected chi connectivity index (χ2v) is 6.59. The van der Waals surface area contributed by atoms with E-state index < -0.39 is 0 Å². The van der Waals surface area contributed by atoms with Crippen molar-refractivity contribution in [1.82, 2.24) is 4.90 Å². The van der Waals surface area contributed by atoms with E-state index in [0.29, 0.717) is 23.8 Å². The van der Waals surface area contributed by atoms with Gasteiger partial charge in [-0.05, 0) is 36.8 Å². The molecule has 4 nitrogen and oxygen atoms in total. The molecule has 5 heteroatoms. The molecule has 0 bridgehead atoms. The molecule has 2 aromatic carbocycles. The Hall–Kier alpha value is -2.14. The summed E-state index contributed by atoms with van der Waals surface area (Å²) in [6.07, 6.45) is 0. The number of benzene rings is 2. The van der Waals surface area contributed by atoms with Crippen LogP contribution in [0.4, 0.5) is 0 Å². The van der Waals surface area contributed by atoms with Crippen LogP contribution in [0.25, 0.3) is 0 Å². The summed E-state index contributed by atoms with van der Waals surface area (Å²) in [5, 5.41) is 0. The van der Waals surface area contributed by atoms with Gasteiger partial charge < -0.3 is 14.4 Å². The minimum atomic E-state index is 0.0929. The third-order valence-electron chi connectivity index (χ3n) is 3.68. The number of thioether (sulfide) groups is 1. The number of aryl methyl sites for hydroxylation is 1. The van der Waals surface area contributed by atoms with Crippen LogP contribution < -0.4 is 9.47 Å². The topological polar surface area (TPSA) is 38.8 Å². The molecule has 2 aromatic rings. The number of carbonyl (C=O) groups is 1. The summed E-state index contributed by atoms with van der Waals surface area (Å²) >= 11 is 1.55. The lowest BCUT2D eigenvalue weighted by Gasteiger charge is -2.18. The first-order chi connectivity index (χ1) is 11.5. The van der Waals surface area contributed by atoms with Gasteiger partial charge in [0, 0.05) is 18.5 Å². The first-order valence-corrected chi connectivity index (χ1v) is 8.66. The van der Waals surface area contributed by atoms with Gasteiger partial charge in [0.2, 0.25) is 5.91 Å². The van der Waals surface area contributed by atoms with E-state index in [1.807, 2.05) is 37.4 Å². The highest BCUT2D eigenvalue weighted by molar-refractivity contribution is 8.00. The van der Waals surface area contributed by atoms with Crippen molar-refractivity contribution < 1.29 is 14.3 Å². The lowest BCUT2D eigenvalue weighted by Crippen LogP contribution is -2.27. The Morgan fingerprint density at radius 2 is 1.71 bits per heavy atom. The van der Waals surface area contributed by atoms with Gasteiger partial charge in [-0.2, -0.15) is 0 Å². The van der Waals surface area contributed by atoms with E-state index in [4.69, 9.17) is 9.47 Å². The highest BCUT2D eigenvalue weighted by Gasteiger charge is 2.12. The van der Waals surface area contributed by atoms with Crippen LogP contribution in [0, 0.1) is 6.92 Å². The van der Waals surface area contributed by atoms with Gasteiger partial charge >= 0.3 is 0 Å². The van der Waals surface area contributed by atoms with Crippen LogP contribution in [0.2, 0.25) is 0 Å². The van der Waals surface area contributed by atoms with Gasteiger partial charge in [0.1, 0.15) is 0 Å². The molecule has 2 rings (SSSR count). The van der Waals surface area contributed by atoms with Gasteiger partial charge in [-0.1, -0.05) is 23.8 Å². The lowest BCUT2D eigenvalue weighted by molar-refractivity contribution is -0.127. The lowest BCUT2D eigenvalue weighted by atomic mass is 10.2. The Morgan fingerprint density at radius 3 is 2.33 bits per heavy atom. The van der Waals surface area contributed by atoms with Crippen LogP contribution in [-0.4, -0.2) is 37.8 Å². The molecule has 0 atom stereocenters. The first kappa shape index (κ1) is 18.2. The standard InChI is InChI=1S/C19H23NO3S/c1-14-5-8-16(9-6-14)24-13-19(21)20(2)12-15-7-10-17(22-3)18(11-15)23-4/h5-11H,12-13H2,1-4H3. The smallest absolute Gasteiger partial charge is 0.232 e. The molecule has 0 fully saturated rings.